The molecule has 0 radical (unpaired) electrons. The average Bonchev–Trinajstić information content (AvgIpc) is 3.28. The molecule has 0 atom stereocenters. The molecule has 0 aliphatic heterocycles. The Hall–Kier alpha value is -3.43. The standard InChI is InChI=1S/C19H25N7O3/c1-5-8-9-24-15-16(23(4)19(29)25(17(15)28)11-14(20)27)21-18(24)26-13(7-3)10-12(6-2)22-26/h5,8,10H,6-7,9,11H2,1-4H3,(H2,20,27)/b8-5+. The SMILES string of the molecule is C/C=C/Cn1c(-n2nc(CC)cc2CC)nc2c1c(=O)n(CC(N)=O)c(=O)n2C. The van der Waals surface area contributed by atoms with Gasteiger partial charge < -0.3 is 5.73 Å². The van der Waals surface area contributed by atoms with Crippen molar-refractivity contribution in [1.82, 2.24) is 28.5 Å². The van der Waals surface area contributed by atoms with E-state index in [2.05, 4.69) is 10.1 Å². The molecular formula is C19H25N7O3. The fourth-order valence-corrected chi connectivity index (χ4v) is 3.27. The van der Waals surface area contributed by atoms with Gasteiger partial charge in [-0.15, -0.1) is 0 Å². The summed E-state index contributed by atoms with van der Waals surface area (Å²) >= 11 is 0. The molecule has 0 saturated heterocycles. The number of nitrogens with zero attached hydrogens (tertiary/aromatic N) is 6. The van der Waals surface area contributed by atoms with Crippen LogP contribution in [0.25, 0.3) is 17.1 Å². The molecule has 0 fully saturated rings. The van der Waals surface area contributed by atoms with Gasteiger partial charge in [0, 0.05) is 19.3 Å². The number of aromatic nitrogens is 6. The zero-order valence-corrected chi connectivity index (χ0v) is 17.0. The van der Waals surface area contributed by atoms with E-state index in [-0.39, 0.29) is 11.2 Å². The summed E-state index contributed by atoms with van der Waals surface area (Å²) in [6, 6.07) is 2.00. The van der Waals surface area contributed by atoms with Crippen molar-refractivity contribution < 1.29 is 4.79 Å². The number of primary amides is 1. The molecule has 0 aromatic carbocycles. The molecule has 0 saturated carbocycles. The number of allylic oxidation sites excluding steroid dienone is 2. The fraction of sp³-hybridized carbons (Fsp3) is 0.421. The Morgan fingerprint density at radius 1 is 1.21 bits per heavy atom. The minimum atomic E-state index is -0.767. The molecule has 0 aliphatic carbocycles. The van der Waals surface area contributed by atoms with Gasteiger partial charge in [0.25, 0.3) is 5.56 Å². The first kappa shape index (κ1) is 20.3. The maximum atomic E-state index is 13.1. The number of hydrogen-bond acceptors (Lipinski definition) is 5. The zero-order valence-electron chi connectivity index (χ0n) is 17.0. The third kappa shape index (κ3) is 3.41. The maximum Gasteiger partial charge on any atom is 0.332 e. The van der Waals surface area contributed by atoms with Crippen molar-refractivity contribution in [1.29, 1.82) is 0 Å². The number of amides is 1. The molecule has 154 valence electrons. The lowest BCUT2D eigenvalue weighted by atomic mass is 10.3. The summed E-state index contributed by atoms with van der Waals surface area (Å²) < 4.78 is 5.51. The van der Waals surface area contributed by atoms with E-state index in [9.17, 15) is 14.4 Å². The Labute approximate surface area is 166 Å². The Balaban J connectivity index is 2.43. The van der Waals surface area contributed by atoms with Crippen LogP contribution in [0.5, 0.6) is 0 Å². The fourth-order valence-electron chi connectivity index (χ4n) is 3.27. The lowest BCUT2D eigenvalue weighted by molar-refractivity contribution is -0.118. The van der Waals surface area contributed by atoms with Gasteiger partial charge in [-0.25, -0.2) is 14.0 Å². The highest BCUT2D eigenvalue weighted by Gasteiger charge is 2.23. The molecule has 0 aliphatic rings. The van der Waals surface area contributed by atoms with E-state index < -0.39 is 23.7 Å². The van der Waals surface area contributed by atoms with E-state index in [1.807, 2.05) is 39.0 Å². The molecule has 10 nitrogen and oxygen atoms in total. The summed E-state index contributed by atoms with van der Waals surface area (Å²) in [6.45, 7) is 5.77. The first-order valence-corrected chi connectivity index (χ1v) is 9.51. The Morgan fingerprint density at radius 2 is 1.93 bits per heavy atom. The number of carbonyl (C=O) groups excluding carboxylic acids is 1. The molecule has 29 heavy (non-hydrogen) atoms. The van der Waals surface area contributed by atoms with Crippen LogP contribution >= 0.6 is 0 Å². The van der Waals surface area contributed by atoms with E-state index in [4.69, 9.17) is 5.73 Å². The highest BCUT2D eigenvalue weighted by Crippen LogP contribution is 2.18. The summed E-state index contributed by atoms with van der Waals surface area (Å²) in [5.41, 5.74) is 6.29. The van der Waals surface area contributed by atoms with Gasteiger partial charge in [-0.3, -0.25) is 18.7 Å². The number of fused-ring (bicyclic) bond motifs is 1. The minimum Gasteiger partial charge on any atom is -0.368 e. The third-order valence-electron chi connectivity index (χ3n) is 4.80. The first-order valence-electron chi connectivity index (χ1n) is 9.51. The molecule has 2 N–H and O–H groups in total. The smallest absolute Gasteiger partial charge is 0.332 e. The normalized spacial score (nSPS) is 11.7. The van der Waals surface area contributed by atoms with Crippen LogP contribution in [0.3, 0.4) is 0 Å². The van der Waals surface area contributed by atoms with Crippen LogP contribution in [-0.2, 0) is 37.8 Å². The third-order valence-corrected chi connectivity index (χ3v) is 4.80. The summed E-state index contributed by atoms with van der Waals surface area (Å²) in [7, 11) is 1.51. The summed E-state index contributed by atoms with van der Waals surface area (Å²) in [4.78, 5) is 41.7. The molecule has 3 aromatic heterocycles. The second-order valence-corrected chi connectivity index (χ2v) is 6.71. The van der Waals surface area contributed by atoms with Crippen LogP contribution < -0.4 is 17.0 Å². The Kier molecular flexibility index (Phi) is 5.53. The van der Waals surface area contributed by atoms with Gasteiger partial charge in [-0.2, -0.15) is 10.1 Å². The number of nitrogens with two attached hydrogens (primary N) is 1. The van der Waals surface area contributed by atoms with Crippen molar-refractivity contribution in [2.45, 2.75) is 46.7 Å². The Bertz CT molecular complexity index is 1220. The number of hydrogen-bond donors (Lipinski definition) is 1. The van der Waals surface area contributed by atoms with Gasteiger partial charge in [0.1, 0.15) is 6.54 Å². The van der Waals surface area contributed by atoms with Gasteiger partial charge in [0.15, 0.2) is 11.2 Å². The predicted octanol–water partition coefficient (Wildman–Crippen LogP) is 0.269. The van der Waals surface area contributed by atoms with Crippen LogP contribution in [0.1, 0.15) is 32.2 Å². The van der Waals surface area contributed by atoms with Gasteiger partial charge in [0.05, 0.1) is 5.69 Å². The average molecular weight is 399 g/mol. The van der Waals surface area contributed by atoms with Crippen LogP contribution in [0, 0.1) is 0 Å². The summed E-state index contributed by atoms with van der Waals surface area (Å²) in [5.74, 6) is -0.324. The molecule has 3 aromatic rings. The lowest BCUT2D eigenvalue weighted by Gasteiger charge is -2.09. The molecule has 1 amide bonds. The van der Waals surface area contributed by atoms with E-state index >= 15 is 0 Å². The van der Waals surface area contributed by atoms with Gasteiger partial charge in [0.2, 0.25) is 11.9 Å². The lowest BCUT2D eigenvalue weighted by Crippen LogP contribution is -2.42. The van der Waals surface area contributed by atoms with Crippen molar-refractivity contribution in [2.75, 3.05) is 0 Å². The highest BCUT2D eigenvalue weighted by atomic mass is 16.2. The molecule has 0 spiro atoms. The number of carbonyl (C=O) groups is 1. The topological polar surface area (TPSA) is 123 Å². The highest BCUT2D eigenvalue weighted by molar-refractivity contribution is 5.75. The van der Waals surface area contributed by atoms with E-state index in [1.165, 1.54) is 11.6 Å². The van der Waals surface area contributed by atoms with E-state index in [0.29, 0.717) is 12.5 Å². The quantitative estimate of drug-likeness (QED) is 0.571. The van der Waals surface area contributed by atoms with Crippen LogP contribution in [0.2, 0.25) is 0 Å². The van der Waals surface area contributed by atoms with Crippen molar-refractivity contribution in [3.8, 4) is 5.95 Å². The number of rotatable bonds is 7. The molecule has 10 heteroatoms. The second-order valence-electron chi connectivity index (χ2n) is 6.71. The molecular weight excluding hydrogens is 374 g/mol. The van der Waals surface area contributed by atoms with Gasteiger partial charge in [-0.1, -0.05) is 26.0 Å². The zero-order chi connectivity index (χ0) is 21.3. The van der Waals surface area contributed by atoms with Gasteiger partial charge in [-0.05, 0) is 25.8 Å². The van der Waals surface area contributed by atoms with Crippen LogP contribution in [-0.4, -0.2) is 34.4 Å². The number of imidazole rings is 1. The Morgan fingerprint density at radius 3 is 2.52 bits per heavy atom. The molecule has 3 heterocycles. The van der Waals surface area contributed by atoms with E-state index in [1.54, 1.807) is 9.25 Å². The molecule has 0 bridgehead atoms. The van der Waals surface area contributed by atoms with Crippen LogP contribution in [0.15, 0.2) is 27.8 Å². The molecule has 3 rings (SSSR count). The van der Waals surface area contributed by atoms with Crippen LogP contribution in [0.4, 0.5) is 0 Å². The van der Waals surface area contributed by atoms with E-state index in [0.717, 1.165) is 28.8 Å². The summed E-state index contributed by atoms with van der Waals surface area (Å²) in [5, 5.41) is 4.63. The van der Waals surface area contributed by atoms with Crippen molar-refractivity contribution >= 4 is 17.1 Å². The van der Waals surface area contributed by atoms with Gasteiger partial charge >= 0.3 is 5.69 Å². The van der Waals surface area contributed by atoms with Crippen molar-refractivity contribution in [2.24, 2.45) is 12.8 Å². The first-order chi connectivity index (χ1) is 13.8. The predicted molar refractivity (Wildman–Crippen MR) is 109 cm³/mol. The largest absolute Gasteiger partial charge is 0.368 e. The molecule has 0 unspecified atom stereocenters. The minimum absolute atomic E-state index is 0.219. The van der Waals surface area contributed by atoms with Crippen molar-refractivity contribution in [3.63, 3.8) is 0 Å². The van der Waals surface area contributed by atoms with Crippen molar-refractivity contribution in [3.05, 3.63) is 50.4 Å². The second kappa shape index (κ2) is 7.90. The monoisotopic (exact) mass is 399 g/mol. The summed E-state index contributed by atoms with van der Waals surface area (Å²) in [6.07, 6.45) is 5.23. The maximum absolute atomic E-state index is 13.1. The number of aryl methyl sites for hydroxylation is 3.